The molecule has 21 heavy (non-hydrogen) atoms. The lowest BCUT2D eigenvalue weighted by molar-refractivity contribution is 0.0635. The number of ether oxygens (including phenoxy) is 2. The van der Waals surface area contributed by atoms with Crippen molar-refractivity contribution in [2.75, 3.05) is 19.0 Å². The van der Waals surface area contributed by atoms with Crippen LogP contribution in [0.4, 0.5) is 14.9 Å². The molecule has 0 aliphatic carbocycles. The van der Waals surface area contributed by atoms with E-state index in [9.17, 15) is 14.3 Å². The van der Waals surface area contributed by atoms with Gasteiger partial charge in [-0.05, 0) is 38.5 Å². The Hall–Kier alpha value is -2.02. The van der Waals surface area contributed by atoms with Crippen LogP contribution < -0.4 is 15.8 Å². The fraction of sp³-hybridized carbons (Fsp3) is 0.500. The smallest absolute Gasteiger partial charge is 0.412 e. The molecular weight excluding hydrogens is 279 g/mol. The molecule has 0 radical (unpaired) electrons. The highest BCUT2D eigenvalue weighted by Crippen LogP contribution is 2.38. The summed E-state index contributed by atoms with van der Waals surface area (Å²) in [6.07, 6.45) is -2.20. The van der Waals surface area contributed by atoms with Gasteiger partial charge < -0.3 is 20.3 Å². The molecule has 7 heteroatoms. The van der Waals surface area contributed by atoms with Crippen LogP contribution in [-0.2, 0) is 4.74 Å². The van der Waals surface area contributed by atoms with E-state index >= 15 is 0 Å². The van der Waals surface area contributed by atoms with Gasteiger partial charge in [0.25, 0.3) is 0 Å². The second kappa shape index (κ2) is 6.62. The molecule has 4 N–H and O–H groups in total. The number of anilines is 1. The zero-order valence-corrected chi connectivity index (χ0v) is 12.6. The summed E-state index contributed by atoms with van der Waals surface area (Å²) in [4.78, 5) is 11.7. The Bertz CT molecular complexity index is 514. The van der Waals surface area contributed by atoms with E-state index in [0.29, 0.717) is 0 Å². The van der Waals surface area contributed by atoms with Gasteiger partial charge in [-0.1, -0.05) is 0 Å². The molecule has 1 rings (SSSR count). The largest absolute Gasteiger partial charge is 0.503 e. The van der Waals surface area contributed by atoms with Gasteiger partial charge in [0.15, 0.2) is 11.5 Å². The Kier molecular flexibility index (Phi) is 5.37. The number of methoxy groups -OCH3 is 1. The lowest BCUT2D eigenvalue weighted by Crippen LogP contribution is -2.27. The van der Waals surface area contributed by atoms with Crippen LogP contribution in [0.2, 0.25) is 0 Å². The number of halogens is 1. The SMILES string of the molecule is COc1cc(C(F)CN)cc(NC(=O)OC(C)(C)C)c1O. The summed E-state index contributed by atoms with van der Waals surface area (Å²) in [7, 11) is 1.33. The number of benzene rings is 1. The molecule has 0 saturated carbocycles. The Morgan fingerprint density at radius 1 is 1.48 bits per heavy atom. The third-order valence-electron chi connectivity index (χ3n) is 2.52. The van der Waals surface area contributed by atoms with Crippen LogP contribution in [0.5, 0.6) is 11.5 Å². The maximum Gasteiger partial charge on any atom is 0.412 e. The van der Waals surface area contributed by atoms with E-state index < -0.39 is 17.9 Å². The summed E-state index contributed by atoms with van der Waals surface area (Å²) < 4.78 is 23.7. The molecule has 0 aromatic heterocycles. The number of carbonyl (C=O) groups excluding carboxylic acids is 1. The van der Waals surface area contributed by atoms with Gasteiger partial charge in [0.2, 0.25) is 0 Å². The Morgan fingerprint density at radius 2 is 2.10 bits per heavy atom. The van der Waals surface area contributed by atoms with Crippen LogP contribution in [0.1, 0.15) is 32.5 Å². The van der Waals surface area contributed by atoms with Gasteiger partial charge in [-0.15, -0.1) is 0 Å². The average Bonchev–Trinajstić information content (AvgIpc) is 2.37. The van der Waals surface area contributed by atoms with E-state index in [1.54, 1.807) is 20.8 Å². The number of amides is 1. The van der Waals surface area contributed by atoms with E-state index in [0.717, 1.165) is 0 Å². The second-order valence-electron chi connectivity index (χ2n) is 5.45. The molecule has 1 aromatic rings. The summed E-state index contributed by atoms with van der Waals surface area (Å²) in [6, 6.07) is 2.62. The van der Waals surface area contributed by atoms with Gasteiger partial charge in [-0.25, -0.2) is 9.18 Å². The standard InChI is InChI=1S/C14H21FN2O4/c1-14(2,3)21-13(19)17-10-5-8(9(15)7-16)6-11(20-4)12(10)18/h5-6,9,18H,7,16H2,1-4H3,(H,17,19). The normalized spacial score (nSPS) is 12.7. The number of phenols is 1. The first-order valence-corrected chi connectivity index (χ1v) is 6.43. The van der Waals surface area contributed by atoms with Gasteiger partial charge in [-0.2, -0.15) is 0 Å². The molecule has 0 spiro atoms. The van der Waals surface area contributed by atoms with Crippen molar-refractivity contribution >= 4 is 11.8 Å². The van der Waals surface area contributed by atoms with Crippen LogP contribution >= 0.6 is 0 Å². The van der Waals surface area contributed by atoms with Crippen molar-refractivity contribution in [2.24, 2.45) is 5.73 Å². The summed E-state index contributed by atoms with van der Waals surface area (Å²) in [5.41, 5.74) is 4.77. The molecule has 1 atom stereocenters. The van der Waals surface area contributed by atoms with E-state index in [4.69, 9.17) is 15.2 Å². The minimum atomic E-state index is -1.43. The van der Waals surface area contributed by atoms with Gasteiger partial charge >= 0.3 is 6.09 Å². The van der Waals surface area contributed by atoms with Crippen molar-refractivity contribution in [2.45, 2.75) is 32.5 Å². The highest BCUT2D eigenvalue weighted by molar-refractivity contribution is 5.88. The fourth-order valence-corrected chi connectivity index (χ4v) is 1.61. The average molecular weight is 300 g/mol. The monoisotopic (exact) mass is 300 g/mol. The molecule has 0 aliphatic rings. The molecule has 0 saturated heterocycles. The second-order valence-corrected chi connectivity index (χ2v) is 5.45. The maximum atomic E-state index is 13.7. The number of nitrogens with one attached hydrogen (secondary N) is 1. The molecule has 6 nitrogen and oxygen atoms in total. The van der Waals surface area contributed by atoms with E-state index in [1.807, 2.05) is 0 Å². The molecular formula is C14H21FN2O4. The Labute approximate surface area is 123 Å². The predicted octanol–water partition coefficient (Wildman–Crippen LogP) is 2.72. The van der Waals surface area contributed by atoms with Gasteiger partial charge in [0.05, 0.1) is 12.8 Å². The van der Waals surface area contributed by atoms with Gasteiger partial charge in [0, 0.05) is 6.54 Å². The van der Waals surface area contributed by atoms with E-state index in [2.05, 4.69) is 5.32 Å². The van der Waals surface area contributed by atoms with Crippen molar-refractivity contribution in [1.29, 1.82) is 0 Å². The minimum absolute atomic E-state index is 0.00491. The summed E-state index contributed by atoms with van der Waals surface area (Å²) >= 11 is 0. The van der Waals surface area contributed by atoms with Crippen molar-refractivity contribution in [3.8, 4) is 11.5 Å². The number of aromatic hydroxyl groups is 1. The summed E-state index contributed by atoms with van der Waals surface area (Å²) in [6.45, 7) is 4.89. The van der Waals surface area contributed by atoms with Gasteiger partial charge in [-0.3, -0.25) is 5.32 Å². The lowest BCUT2D eigenvalue weighted by atomic mass is 10.1. The predicted molar refractivity (Wildman–Crippen MR) is 77.4 cm³/mol. The zero-order valence-electron chi connectivity index (χ0n) is 12.6. The zero-order chi connectivity index (χ0) is 16.2. The number of phenolic OH excluding ortho intramolecular Hbond substituents is 1. The topological polar surface area (TPSA) is 93.8 Å². The fourth-order valence-electron chi connectivity index (χ4n) is 1.61. The summed E-state index contributed by atoms with van der Waals surface area (Å²) in [5, 5.41) is 12.3. The van der Waals surface area contributed by atoms with Crippen molar-refractivity contribution < 1.29 is 23.8 Å². The van der Waals surface area contributed by atoms with E-state index in [-0.39, 0.29) is 29.3 Å². The number of hydrogen-bond donors (Lipinski definition) is 3. The number of alkyl halides is 1. The van der Waals surface area contributed by atoms with Crippen LogP contribution in [-0.4, -0.2) is 30.5 Å². The molecule has 0 heterocycles. The number of carbonyl (C=O) groups is 1. The molecule has 0 aliphatic heterocycles. The highest BCUT2D eigenvalue weighted by atomic mass is 19.1. The van der Waals surface area contributed by atoms with E-state index in [1.165, 1.54) is 19.2 Å². The highest BCUT2D eigenvalue weighted by Gasteiger charge is 2.20. The van der Waals surface area contributed by atoms with Crippen LogP contribution in [0.3, 0.4) is 0 Å². The maximum absolute atomic E-state index is 13.7. The van der Waals surface area contributed by atoms with Crippen LogP contribution in [0.25, 0.3) is 0 Å². The molecule has 0 fully saturated rings. The molecule has 118 valence electrons. The van der Waals surface area contributed by atoms with Crippen LogP contribution in [0.15, 0.2) is 12.1 Å². The molecule has 0 bridgehead atoms. The minimum Gasteiger partial charge on any atom is -0.503 e. The first-order valence-electron chi connectivity index (χ1n) is 6.43. The number of rotatable bonds is 4. The lowest BCUT2D eigenvalue weighted by Gasteiger charge is -2.20. The number of hydrogen-bond acceptors (Lipinski definition) is 5. The Morgan fingerprint density at radius 3 is 2.57 bits per heavy atom. The first kappa shape index (κ1) is 17.0. The van der Waals surface area contributed by atoms with Crippen molar-refractivity contribution in [3.63, 3.8) is 0 Å². The van der Waals surface area contributed by atoms with Crippen molar-refractivity contribution in [3.05, 3.63) is 17.7 Å². The molecule has 1 unspecified atom stereocenters. The third-order valence-corrected chi connectivity index (χ3v) is 2.52. The molecule has 1 aromatic carbocycles. The summed E-state index contributed by atoms with van der Waals surface area (Å²) in [5.74, 6) is -0.272. The van der Waals surface area contributed by atoms with Crippen molar-refractivity contribution in [1.82, 2.24) is 0 Å². The third kappa shape index (κ3) is 4.78. The first-order chi connectivity index (χ1) is 9.67. The quantitative estimate of drug-likeness (QED) is 0.743. The number of nitrogens with two attached hydrogens (primary N) is 1. The Balaban J connectivity index is 3.07. The van der Waals surface area contributed by atoms with Gasteiger partial charge in [0.1, 0.15) is 11.8 Å². The van der Waals surface area contributed by atoms with Crippen LogP contribution in [0, 0.1) is 0 Å². The molecule has 1 amide bonds.